The standard InChI is InChI=1S/C15H23BrN2O/c1-2-3-4-5-6-7-10-18-15(19)13-9-8-12(16)11-14(13)17/h8-9,11H,2-7,10,17H2,1H3,(H,18,19). The lowest BCUT2D eigenvalue weighted by Crippen LogP contribution is -2.25. The Morgan fingerprint density at radius 1 is 1.21 bits per heavy atom. The van der Waals surface area contributed by atoms with Crippen molar-refractivity contribution < 1.29 is 4.79 Å². The Balaban J connectivity index is 2.24. The molecule has 0 aliphatic carbocycles. The average molecular weight is 327 g/mol. The van der Waals surface area contributed by atoms with Crippen molar-refractivity contribution in [1.29, 1.82) is 0 Å². The fraction of sp³-hybridized carbons (Fsp3) is 0.533. The smallest absolute Gasteiger partial charge is 0.253 e. The maximum atomic E-state index is 11.9. The lowest BCUT2D eigenvalue weighted by molar-refractivity contribution is 0.0954. The second-order valence-electron chi connectivity index (χ2n) is 4.76. The van der Waals surface area contributed by atoms with Crippen LogP contribution in [0.4, 0.5) is 5.69 Å². The van der Waals surface area contributed by atoms with E-state index in [2.05, 4.69) is 28.2 Å². The van der Waals surface area contributed by atoms with Crippen molar-refractivity contribution in [2.75, 3.05) is 12.3 Å². The summed E-state index contributed by atoms with van der Waals surface area (Å²) in [5, 5.41) is 2.92. The van der Waals surface area contributed by atoms with Crippen LogP contribution >= 0.6 is 15.9 Å². The van der Waals surface area contributed by atoms with E-state index in [0.29, 0.717) is 11.3 Å². The molecule has 3 N–H and O–H groups in total. The van der Waals surface area contributed by atoms with Crippen LogP contribution in [-0.4, -0.2) is 12.5 Å². The molecule has 0 saturated heterocycles. The summed E-state index contributed by atoms with van der Waals surface area (Å²) in [6.07, 6.45) is 7.33. The first kappa shape index (κ1) is 16.0. The number of nitrogen functional groups attached to an aromatic ring is 1. The molecule has 1 aromatic carbocycles. The van der Waals surface area contributed by atoms with Gasteiger partial charge in [-0.2, -0.15) is 0 Å². The summed E-state index contributed by atoms with van der Waals surface area (Å²) < 4.78 is 0.887. The third-order valence-corrected chi connectivity index (χ3v) is 3.57. The fourth-order valence-electron chi connectivity index (χ4n) is 1.94. The summed E-state index contributed by atoms with van der Waals surface area (Å²) in [5.41, 5.74) is 6.88. The van der Waals surface area contributed by atoms with E-state index in [-0.39, 0.29) is 5.91 Å². The Hall–Kier alpha value is -1.03. The maximum Gasteiger partial charge on any atom is 0.253 e. The van der Waals surface area contributed by atoms with E-state index in [4.69, 9.17) is 5.73 Å². The van der Waals surface area contributed by atoms with Crippen LogP contribution in [0.15, 0.2) is 22.7 Å². The maximum absolute atomic E-state index is 11.9. The van der Waals surface area contributed by atoms with Gasteiger partial charge in [0.25, 0.3) is 5.91 Å². The van der Waals surface area contributed by atoms with Crippen LogP contribution in [0.5, 0.6) is 0 Å². The van der Waals surface area contributed by atoms with Gasteiger partial charge >= 0.3 is 0 Å². The van der Waals surface area contributed by atoms with Crippen LogP contribution in [0, 0.1) is 0 Å². The zero-order valence-electron chi connectivity index (χ0n) is 11.5. The van der Waals surface area contributed by atoms with Gasteiger partial charge in [-0.05, 0) is 24.6 Å². The lowest BCUT2D eigenvalue weighted by Gasteiger charge is -2.07. The number of anilines is 1. The Morgan fingerprint density at radius 2 is 1.89 bits per heavy atom. The number of carbonyl (C=O) groups is 1. The summed E-state index contributed by atoms with van der Waals surface area (Å²) in [7, 11) is 0. The van der Waals surface area contributed by atoms with Gasteiger partial charge < -0.3 is 11.1 Å². The number of hydrogen-bond acceptors (Lipinski definition) is 2. The Labute approximate surface area is 124 Å². The number of halogens is 1. The van der Waals surface area contributed by atoms with Gasteiger partial charge in [0.2, 0.25) is 0 Å². The molecular weight excluding hydrogens is 304 g/mol. The van der Waals surface area contributed by atoms with Gasteiger partial charge in [0, 0.05) is 16.7 Å². The first-order valence-electron chi connectivity index (χ1n) is 6.98. The number of nitrogens with two attached hydrogens (primary N) is 1. The molecule has 19 heavy (non-hydrogen) atoms. The Kier molecular flexibility index (Phi) is 7.56. The molecule has 3 nitrogen and oxygen atoms in total. The Morgan fingerprint density at radius 3 is 2.58 bits per heavy atom. The van der Waals surface area contributed by atoms with Gasteiger partial charge in [-0.15, -0.1) is 0 Å². The van der Waals surface area contributed by atoms with Crippen molar-refractivity contribution in [3.05, 3.63) is 28.2 Å². The third kappa shape index (κ3) is 6.10. The van der Waals surface area contributed by atoms with E-state index in [9.17, 15) is 4.79 Å². The summed E-state index contributed by atoms with van der Waals surface area (Å²) in [6.45, 7) is 2.93. The zero-order chi connectivity index (χ0) is 14.1. The second-order valence-corrected chi connectivity index (χ2v) is 5.67. The van der Waals surface area contributed by atoms with Crippen LogP contribution in [0.1, 0.15) is 55.8 Å². The lowest BCUT2D eigenvalue weighted by atomic mass is 10.1. The molecule has 0 fully saturated rings. The fourth-order valence-corrected chi connectivity index (χ4v) is 2.32. The van der Waals surface area contributed by atoms with E-state index in [0.717, 1.165) is 17.4 Å². The SMILES string of the molecule is CCCCCCCCNC(=O)c1ccc(Br)cc1N. The molecule has 1 amide bonds. The largest absolute Gasteiger partial charge is 0.398 e. The number of carbonyl (C=O) groups excluding carboxylic acids is 1. The third-order valence-electron chi connectivity index (χ3n) is 3.07. The van der Waals surface area contributed by atoms with Crippen LogP contribution in [-0.2, 0) is 0 Å². The minimum Gasteiger partial charge on any atom is -0.398 e. The van der Waals surface area contributed by atoms with Gasteiger partial charge in [0.1, 0.15) is 0 Å². The molecule has 0 spiro atoms. The van der Waals surface area contributed by atoms with Crippen molar-refractivity contribution in [2.45, 2.75) is 45.4 Å². The predicted molar refractivity (Wildman–Crippen MR) is 84.3 cm³/mol. The number of hydrogen-bond donors (Lipinski definition) is 2. The van der Waals surface area contributed by atoms with Crippen LogP contribution in [0.2, 0.25) is 0 Å². The molecule has 0 aliphatic heterocycles. The number of benzene rings is 1. The molecule has 0 bridgehead atoms. The summed E-state index contributed by atoms with van der Waals surface area (Å²) in [4.78, 5) is 11.9. The van der Waals surface area contributed by atoms with Gasteiger partial charge in [-0.3, -0.25) is 4.79 Å². The molecular formula is C15H23BrN2O. The zero-order valence-corrected chi connectivity index (χ0v) is 13.1. The molecule has 0 aromatic heterocycles. The highest BCUT2D eigenvalue weighted by molar-refractivity contribution is 9.10. The van der Waals surface area contributed by atoms with Gasteiger partial charge in [0.05, 0.1) is 5.56 Å². The molecule has 0 aliphatic rings. The molecule has 0 saturated carbocycles. The molecule has 4 heteroatoms. The van der Waals surface area contributed by atoms with Crippen molar-refractivity contribution in [2.24, 2.45) is 0 Å². The summed E-state index contributed by atoms with van der Waals surface area (Å²) in [5.74, 6) is -0.0847. The van der Waals surface area contributed by atoms with E-state index < -0.39 is 0 Å². The van der Waals surface area contributed by atoms with Crippen molar-refractivity contribution in [3.8, 4) is 0 Å². The van der Waals surface area contributed by atoms with Crippen molar-refractivity contribution in [3.63, 3.8) is 0 Å². The predicted octanol–water partition coefficient (Wildman–Crippen LogP) is 4.12. The summed E-state index contributed by atoms with van der Waals surface area (Å²) in [6, 6.07) is 5.33. The highest BCUT2D eigenvalue weighted by atomic mass is 79.9. The Bertz CT molecular complexity index is 407. The highest BCUT2D eigenvalue weighted by Crippen LogP contribution is 2.18. The topological polar surface area (TPSA) is 55.1 Å². The van der Waals surface area contributed by atoms with E-state index in [1.165, 1.54) is 32.1 Å². The van der Waals surface area contributed by atoms with E-state index in [1.807, 2.05) is 6.07 Å². The number of nitrogens with one attached hydrogen (secondary N) is 1. The molecule has 1 aromatic rings. The van der Waals surface area contributed by atoms with E-state index >= 15 is 0 Å². The monoisotopic (exact) mass is 326 g/mol. The second kappa shape index (κ2) is 8.97. The first-order valence-corrected chi connectivity index (χ1v) is 7.77. The quantitative estimate of drug-likeness (QED) is 0.557. The molecule has 0 radical (unpaired) electrons. The van der Waals surface area contributed by atoms with Crippen molar-refractivity contribution in [1.82, 2.24) is 5.32 Å². The average Bonchev–Trinajstić information content (AvgIpc) is 2.37. The number of rotatable bonds is 8. The van der Waals surface area contributed by atoms with E-state index in [1.54, 1.807) is 12.1 Å². The molecule has 0 unspecified atom stereocenters. The first-order chi connectivity index (χ1) is 9.15. The van der Waals surface area contributed by atoms with Crippen LogP contribution in [0.3, 0.4) is 0 Å². The van der Waals surface area contributed by atoms with Gasteiger partial charge in [-0.25, -0.2) is 0 Å². The minimum atomic E-state index is -0.0847. The van der Waals surface area contributed by atoms with Crippen LogP contribution < -0.4 is 11.1 Å². The number of unbranched alkanes of at least 4 members (excludes halogenated alkanes) is 5. The molecule has 0 heterocycles. The molecule has 0 atom stereocenters. The minimum absolute atomic E-state index is 0.0847. The normalized spacial score (nSPS) is 10.4. The summed E-state index contributed by atoms with van der Waals surface area (Å²) >= 11 is 3.33. The van der Waals surface area contributed by atoms with Crippen LogP contribution in [0.25, 0.3) is 0 Å². The highest BCUT2D eigenvalue weighted by Gasteiger charge is 2.08. The molecule has 106 valence electrons. The molecule has 1 rings (SSSR count). The van der Waals surface area contributed by atoms with Crippen molar-refractivity contribution >= 4 is 27.5 Å². The number of amides is 1. The van der Waals surface area contributed by atoms with Gasteiger partial charge in [-0.1, -0.05) is 55.0 Å². The van der Waals surface area contributed by atoms with Gasteiger partial charge in [0.15, 0.2) is 0 Å².